The third kappa shape index (κ3) is 3.45. The van der Waals surface area contributed by atoms with Gasteiger partial charge in [-0.05, 0) is 12.5 Å². The fourth-order valence-corrected chi connectivity index (χ4v) is 1.36. The van der Waals surface area contributed by atoms with Crippen molar-refractivity contribution in [3.63, 3.8) is 0 Å². The Bertz CT molecular complexity index is 322. The number of nitrogens with two attached hydrogens (primary N) is 1. The van der Waals surface area contributed by atoms with Gasteiger partial charge in [0.25, 0.3) is 0 Å². The molecule has 0 bridgehead atoms. The van der Waals surface area contributed by atoms with E-state index in [1.54, 1.807) is 31.1 Å². The predicted molar refractivity (Wildman–Crippen MR) is 56.6 cm³/mol. The fraction of sp³-hybridized carbons (Fsp3) is 0.600. The molecule has 0 aliphatic rings. The molecule has 0 amide bonds. The van der Waals surface area contributed by atoms with Crippen LogP contribution in [0.5, 0.6) is 0 Å². The molecule has 0 aliphatic carbocycles. The van der Waals surface area contributed by atoms with Crippen LogP contribution in [0.15, 0.2) is 12.3 Å². The molecule has 5 heteroatoms. The van der Waals surface area contributed by atoms with Crippen LogP contribution in [0, 0.1) is 0 Å². The molecule has 0 radical (unpaired) electrons. The van der Waals surface area contributed by atoms with Gasteiger partial charge in [0.2, 0.25) is 0 Å². The van der Waals surface area contributed by atoms with Crippen molar-refractivity contribution in [2.75, 3.05) is 13.7 Å². The third-order valence-corrected chi connectivity index (χ3v) is 2.25. The minimum atomic E-state index is -0.146. The molecule has 84 valence electrons. The van der Waals surface area contributed by atoms with Crippen molar-refractivity contribution >= 4 is 5.78 Å². The van der Waals surface area contributed by atoms with Crippen LogP contribution in [0.2, 0.25) is 0 Å². The van der Waals surface area contributed by atoms with Crippen molar-refractivity contribution < 1.29 is 9.53 Å². The molecule has 1 heterocycles. The molecule has 2 N–H and O–H groups in total. The number of methoxy groups -OCH3 is 1. The van der Waals surface area contributed by atoms with Crippen LogP contribution < -0.4 is 5.73 Å². The first-order valence-electron chi connectivity index (χ1n) is 4.91. The van der Waals surface area contributed by atoms with Crippen LogP contribution in [0.4, 0.5) is 0 Å². The van der Waals surface area contributed by atoms with Crippen molar-refractivity contribution in [3.8, 4) is 0 Å². The van der Waals surface area contributed by atoms with Gasteiger partial charge >= 0.3 is 0 Å². The second-order valence-corrected chi connectivity index (χ2v) is 3.51. The molecule has 0 aromatic carbocycles. The van der Waals surface area contributed by atoms with Gasteiger partial charge < -0.3 is 10.5 Å². The summed E-state index contributed by atoms with van der Waals surface area (Å²) in [5.74, 6) is 0.0265. The van der Waals surface area contributed by atoms with Gasteiger partial charge in [-0.1, -0.05) is 0 Å². The number of ether oxygens (including phenoxy) is 1. The van der Waals surface area contributed by atoms with Crippen LogP contribution in [0.1, 0.15) is 23.3 Å². The first-order valence-corrected chi connectivity index (χ1v) is 4.91. The van der Waals surface area contributed by atoms with Gasteiger partial charge in [0.15, 0.2) is 5.78 Å². The largest absolute Gasteiger partial charge is 0.385 e. The minimum absolute atomic E-state index is 0.0265. The van der Waals surface area contributed by atoms with Crippen molar-refractivity contribution in [3.05, 3.63) is 18.0 Å². The summed E-state index contributed by atoms with van der Waals surface area (Å²) >= 11 is 0. The Morgan fingerprint density at radius 3 is 3.00 bits per heavy atom. The van der Waals surface area contributed by atoms with E-state index in [0.717, 1.165) is 0 Å². The molecule has 0 aliphatic heterocycles. The Hall–Kier alpha value is -1.20. The molecule has 15 heavy (non-hydrogen) atoms. The fourth-order valence-electron chi connectivity index (χ4n) is 1.36. The number of aromatic nitrogens is 2. The van der Waals surface area contributed by atoms with E-state index < -0.39 is 0 Å². The number of hydrogen-bond acceptors (Lipinski definition) is 4. The van der Waals surface area contributed by atoms with Crippen molar-refractivity contribution in [1.29, 1.82) is 0 Å². The molecule has 0 spiro atoms. The first-order chi connectivity index (χ1) is 7.15. The Morgan fingerprint density at radius 2 is 2.47 bits per heavy atom. The van der Waals surface area contributed by atoms with E-state index in [9.17, 15) is 4.79 Å². The maximum Gasteiger partial charge on any atom is 0.182 e. The van der Waals surface area contributed by atoms with E-state index in [4.69, 9.17) is 10.5 Å². The molecule has 1 rings (SSSR count). The Labute approximate surface area is 89.2 Å². The SMILES string of the molecule is COCCC(N)CC(=O)c1ccnn1C. The number of nitrogens with zero attached hydrogens (tertiary/aromatic N) is 2. The van der Waals surface area contributed by atoms with Gasteiger partial charge in [-0.3, -0.25) is 9.48 Å². The summed E-state index contributed by atoms with van der Waals surface area (Å²) in [5, 5.41) is 3.94. The van der Waals surface area contributed by atoms with Crippen LogP contribution in [0.3, 0.4) is 0 Å². The Morgan fingerprint density at radius 1 is 1.73 bits per heavy atom. The lowest BCUT2D eigenvalue weighted by Crippen LogP contribution is -2.26. The number of aryl methyl sites for hydroxylation is 1. The molecule has 0 saturated heterocycles. The number of Topliss-reactive ketones (excluding diaryl/α,β-unsaturated/α-hetero) is 1. The van der Waals surface area contributed by atoms with Gasteiger partial charge in [-0.2, -0.15) is 5.10 Å². The van der Waals surface area contributed by atoms with Crippen LogP contribution >= 0.6 is 0 Å². The number of carbonyl (C=O) groups excluding carboxylic acids is 1. The van der Waals surface area contributed by atoms with E-state index in [-0.39, 0.29) is 11.8 Å². The van der Waals surface area contributed by atoms with Crippen molar-refractivity contribution in [2.45, 2.75) is 18.9 Å². The molecule has 1 unspecified atom stereocenters. The van der Waals surface area contributed by atoms with Crippen LogP contribution in [0.25, 0.3) is 0 Å². The number of ketones is 1. The topological polar surface area (TPSA) is 70.1 Å². The maximum absolute atomic E-state index is 11.7. The lowest BCUT2D eigenvalue weighted by Gasteiger charge is -2.09. The van der Waals surface area contributed by atoms with Crippen molar-refractivity contribution in [1.82, 2.24) is 9.78 Å². The second kappa shape index (κ2) is 5.63. The number of carbonyl (C=O) groups is 1. The van der Waals surface area contributed by atoms with Gasteiger partial charge in [0.05, 0.1) is 0 Å². The molecule has 0 fully saturated rings. The summed E-state index contributed by atoms with van der Waals surface area (Å²) in [4.78, 5) is 11.7. The van der Waals surface area contributed by atoms with E-state index in [0.29, 0.717) is 25.1 Å². The molecular formula is C10H17N3O2. The minimum Gasteiger partial charge on any atom is -0.385 e. The van der Waals surface area contributed by atoms with Gasteiger partial charge in [-0.15, -0.1) is 0 Å². The number of rotatable bonds is 6. The van der Waals surface area contributed by atoms with E-state index in [1.165, 1.54) is 0 Å². The van der Waals surface area contributed by atoms with Gasteiger partial charge in [0, 0.05) is 39.4 Å². The second-order valence-electron chi connectivity index (χ2n) is 3.51. The summed E-state index contributed by atoms with van der Waals surface area (Å²) in [6.07, 6.45) is 2.64. The Kier molecular flexibility index (Phi) is 4.45. The highest BCUT2D eigenvalue weighted by Gasteiger charge is 2.14. The molecule has 0 saturated carbocycles. The summed E-state index contributed by atoms with van der Waals surface area (Å²) in [5.41, 5.74) is 6.39. The summed E-state index contributed by atoms with van der Waals surface area (Å²) in [7, 11) is 3.36. The summed E-state index contributed by atoms with van der Waals surface area (Å²) in [6, 6.07) is 1.55. The average Bonchev–Trinajstić information content (AvgIpc) is 2.61. The first kappa shape index (κ1) is 11.9. The zero-order valence-corrected chi connectivity index (χ0v) is 9.14. The summed E-state index contributed by atoms with van der Waals surface area (Å²) in [6.45, 7) is 0.583. The van der Waals surface area contributed by atoms with E-state index in [1.807, 2.05) is 0 Å². The van der Waals surface area contributed by atoms with Gasteiger partial charge in [-0.25, -0.2) is 0 Å². The van der Waals surface area contributed by atoms with Crippen LogP contribution in [-0.4, -0.2) is 35.3 Å². The molecule has 5 nitrogen and oxygen atoms in total. The van der Waals surface area contributed by atoms with E-state index >= 15 is 0 Å². The smallest absolute Gasteiger partial charge is 0.182 e. The van der Waals surface area contributed by atoms with Crippen molar-refractivity contribution in [2.24, 2.45) is 12.8 Å². The quantitative estimate of drug-likeness (QED) is 0.689. The molecule has 1 aromatic heterocycles. The number of hydrogen-bond donors (Lipinski definition) is 1. The molecule has 1 aromatic rings. The molecular weight excluding hydrogens is 194 g/mol. The normalized spacial score (nSPS) is 12.7. The van der Waals surface area contributed by atoms with Crippen LogP contribution in [-0.2, 0) is 11.8 Å². The molecule has 1 atom stereocenters. The third-order valence-electron chi connectivity index (χ3n) is 2.25. The monoisotopic (exact) mass is 211 g/mol. The van der Waals surface area contributed by atoms with Gasteiger partial charge in [0.1, 0.15) is 5.69 Å². The maximum atomic E-state index is 11.7. The lowest BCUT2D eigenvalue weighted by molar-refractivity contribution is 0.0958. The summed E-state index contributed by atoms with van der Waals surface area (Å²) < 4.78 is 6.46. The van der Waals surface area contributed by atoms with E-state index in [2.05, 4.69) is 5.10 Å². The highest BCUT2D eigenvalue weighted by Crippen LogP contribution is 2.05. The Balaban J connectivity index is 2.46. The highest BCUT2D eigenvalue weighted by molar-refractivity contribution is 5.94. The highest BCUT2D eigenvalue weighted by atomic mass is 16.5. The predicted octanol–water partition coefficient (Wildman–Crippen LogP) is 0.357. The zero-order valence-electron chi connectivity index (χ0n) is 9.14. The standard InChI is InChI=1S/C10H17N3O2/c1-13-9(3-5-12-13)10(14)7-8(11)4-6-15-2/h3,5,8H,4,6-7,11H2,1-2H3. The lowest BCUT2D eigenvalue weighted by atomic mass is 10.1. The average molecular weight is 211 g/mol. The zero-order chi connectivity index (χ0) is 11.3.